The molecule has 1 atom stereocenters. The molecule has 4 rings (SSSR count). The molecule has 1 aromatic rings. The fourth-order valence-electron chi connectivity index (χ4n) is 4.27. The van der Waals surface area contributed by atoms with Crippen LogP contribution in [0.25, 0.3) is 0 Å². The van der Waals surface area contributed by atoms with Gasteiger partial charge < -0.3 is 24.4 Å². The van der Waals surface area contributed by atoms with Gasteiger partial charge in [-0.25, -0.2) is 4.99 Å². The number of para-hydroxylation sites is 1. The van der Waals surface area contributed by atoms with Gasteiger partial charge in [0.05, 0.1) is 32.0 Å². The second-order valence-electron chi connectivity index (χ2n) is 9.04. The highest BCUT2D eigenvalue weighted by atomic mass is 127. The number of ether oxygens (including phenoxy) is 3. The first kappa shape index (κ1) is 25.6. The molecule has 3 aliphatic rings. The summed E-state index contributed by atoms with van der Waals surface area (Å²) >= 11 is 0. The Morgan fingerprint density at radius 1 is 1.09 bits per heavy atom. The number of hydrogen-bond acceptors (Lipinski definition) is 4. The summed E-state index contributed by atoms with van der Waals surface area (Å²) < 4.78 is 18.0. The smallest absolute Gasteiger partial charge is 0.194 e. The van der Waals surface area contributed by atoms with E-state index in [2.05, 4.69) is 35.3 Å². The van der Waals surface area contributed by atoms with E-state index in [1.165, 1.54) is 25.7 Å². The van der Waals surface area contributed by atoms with Gasteiger partial charge in [-0.15, -0.1) is 24.0 Å². The number of nitrogens with one attached hydrogen (secondary N) is 1. The van der Waals surface area contributed by atoms with Crippen molar-refractivity contribution < 1.29 is 14.2 Å². The van der Waals surface area contributed by atoms with Crippen LogP contribution in [-0.4, -0.2) is 62.5 Å². The van der Waals surface area contributed by atoms with E-state index in [9.17, 15) is 0 Å². The fourth-order valence-corrected chi connectivity index (χ4v) is 4.27. The van der Waals surface area contributed by atoms with Crippen molar-refractivity contribution >= 4 is 29.9 Å². The average Bonchev–Trinajstić information content (AvgIpc) is 3.65. The Morgan fingerprint density at radius 3 is 2.62 bits per heavy atom. The quantitative estimate of drug-likeness (QED) is 0.273. The Balaban J connectivity index is 0.00000289. The van der Waals surface area contributed by atoms with E-state index in [0.717, 1.165) is 81.9 Å². The lowest BCUT2D eigenvalue weighted by molar-refractivity contribution is -0.0721. The van der Waals surface area contributed by atoms with Gasteiger partial charge in [-0.3, -0.25) is 0 Å². The van der Waals surface area contributed by atoms with Crippen LogP contribution in [-0.2, 0) is 16.0 Å². The minimum atomic E-state index is 0. The molecule has 0 spiro atoms. The molecule has 7 heteroatoms. The number of hydrogen-bond donors (Lipinski definition) is 1. The first-order chi connectivity index (χ1) is 15.3. The molecule has 32 heavy (non-hydrogen) atoms. The van der Waals surface area contributed by atoms with Crippen LogP contribution in [0.3, 0.4) is 0 Å². The number of benzene rings is 1. The second-order valence-corrected chi connectivity index (χ2v) is 9.04. The maximum atomic E-state index is 6.18. The fraction of sp³-hybridized carbons (Fsp3) is 0.720. The summed E-state index contributed by atoms with van der Waals surface area (Å²) in [4.78, 5) is 7.32. The molecule has 2 saturated heterocycles. The lowest BCUT2D eigenvalue weighted by Crippen LogP contribution is -2.47. The number of halogens is 1. The molecule has 1 aliphatic carbocycles. The van der Waals surface area contributed by atoms with Gasteiger partial charge in [-0.05, 0) is 63.9 Å². The van der Waals surface area contributed by atoms with Gasteiger partial charge in [0.1, 0.15) is 5.75 Å². The molecular weight excluding hydrogens is 517 g/mol. The number of piperidine rings is 1. The van der Waals surface area contributed by atoms with Crippen molar-refractivity contribution in [3.63, 3.8) is 0 Å². The number of likely N-dealkylation sites (tertiary alicyclic amines) is 1. The Morgan fingerprint density at radius 2 is 1.91 bits per heavy atom. The minimum absolute atomic E-state index is 0. The van der Waals surface area contributed by atoms with Crippen molar-refractivity contribution in [3.8, 4) is 5.75 Å². The standard InChI is InChI=1S/C25H39N3O3.HI/c1-2-26-25(27-17-21-7-3-4-9-24(21)31-18-20-10-11-20)28-14-12-22(13-15-28)30-19-23-8-5-6-16-29-23;/h3-4,7,9,20,22-23H,2,5-6,8,10-19H2,1H3,(H,26,27);1H. The van der Waals surface area contributed by atoms with Crippen molar-refractivity contribution in [2.75, 3.05) is 39.5 Å². The third-order valence-corrected chi connectivity index (χ3v) is 6.41. The lowest BCUT2D eigenvalue weighted by atomic mass is 10.1. The Bertz CT molecular complexity index is 699. The van der Waals surface area contributed by atoms with E-state index in [0.29, 0.717) is 18.8 Å². The molecule has 1 unspecified atom stereocenters. The molecule has 0 bridgehead atoms. The van der Waals surface area contributed by atoms with Crippen molar-refractivity contribution in [2.45, 2.75) is 70.6 Å². The number of aliphatic imine (C=N–C) groups is 1. The largest absolute Gasteiger partial charge is 0.493 e. The third kappa shape index (κ3) is 8.06. The molecule has 0 amide bonds. The molecule has 180 valence electrons. The van der Waals surface area contributed by atoms with Crippen LogP contribution in [0.15, 0.2) is 29.3 Å². The van der Waals surface area contributed by atoms with Crippen LogP contribution in [0.1, 0.15) is 57.4 Å². The van der Waals surface area contributed by atoms with E-state index >= 15 is 0 Å². The van der Waals surface area contributed by atoms with Gasteiger partial charge in [-0.1, -0.05) is 18.2 Å². The van der Waals surface area contributed by atoms with Crippen molar-refractivity contribution in [2.24, 2.45) is 10.9 Å². The van der Waals surface area contributed by atoms with Crippen molar-refractivity contribution in [1.82, 2.24) is 10.2 Å². The molecule has 6 nitrogen and oxygen atoms in total. The summed E-state index contributed by atoms with van der Waals surface area (Å²) in [6, 6.07) is 8.31. The zero-order chi connectivity index (χ0) is 21.3. The van der Waals surface area contributed by atoms with E-state index < -0.39 is 0 Å². The zero-order valence-corrected chi connectivity index (χ0v) is 21.8. The van der Waals surface area contributed by atoms with Crippen LogP contribution < -0.4 is 10.1 Å². The van der Waals surface area contributed by atoms with Gasteiger partial charge in [0, 0.05) is 31.8 Å². The third-order valence-electron chi connectivity index (χ3n) is 6.41. The molecule has 2 heterocycles. The van der Waals surface area contributed by atoms with Gasteiger partial charge in [-0.2, -0.15) is 0 Å². The van der Waals surface area contributed by atoms with Gasteiger partial charge in [0.15, 0.2) is 5.96 Å². The minimum Gasteiger partial charge on any atom is -0.493 e. The van der Waals surface area contributed by atoms with E-state index in [1.54, 1.807) is 0 Å². The Hall–Kier alpha value is -1.06. The number of nitrogens with zero attached hydrogens (tertiary/aromatic N) is 2. The van der Waals surface area contributed by atoms with Crippen LogP contribution in [0.2, 0.25) is 0 Å². The maximum Gasteiger partial charge on any atom is 0.194 e. The summed E-state index contributed by atoms with van der Waals surface area (Å²) in [6.45, 7) is 8.05. The summed E-state index contributed by atoms with van der Waals surface area (Å²) in [6.07, 6.45) is 8.92. The van der Waals surface area contributed by atoms with Gasteiger partial charge in [0.2, 0.25) is 0 Å². The van der Waals surface area contributed by atoms with Crippen LogP contribution in [0.4, 0.5) is 0 Å². The molecule has 3 fully saturated rings. The van der Waals surface area contributed by atoms with Gasteiger partial charge in [0.25, 0.3) is 0 Å². The highest BCUT2D eigenvalue weighted by molar-refractivity contribution is 14.0. The monoisotopic (exact) mass is 557 g/mol. The lowest BCUT2D eigenvalue weighted by Gasteiger charge is -2.35. The first-order valence-electron chi connectivity index (χ1n) is 12.3. The van der Waals surface area contributed by atoms with E-state index in [4.69, 9.17) is 19.2 Å². The van der Waals surface area contributed by atoms with Crippen molar-refractivity contribution in [3.05, 3.63) is 29.8 Å². The normalized spacial score (nSPS) is 22.3. The molecule has 1 saturated carbocycles. The van der Waals surface area contributed by atoms with Crippen LogP contribution >= 0.6 is 24.0 Å². The summed E-state index contributed by atoms with van der Waals surface area (Å²) in [7, 11) is 0. The van der Waals surface area contributed by atoms with Gasteiger partial charge >= 0.3 is 0 Å². The highest BCUT2D eigenvalue weighted by Crippen LogP contribution is 2.30. The molecule has 0 radical (unpaired) electrons. The molecule has 2 aliphatic heterocycles. The predicted molar refractivity (Wildman–Crippen MR) is 139 cm³/mol. The number of guanidine groups is 1. The van der Waals surface area contributed by atoms with Crippen LogP contribution in [0, 0.1) is 5.92 Å². The summed E-state index contributed by atoms with van der Waals surface area (Å²) in [5.41, 5.74) is 1.16. The Labute approximate surface area is 210 Å². The predicted octanol–water partition coefficient (Wildman–Crippen LogP) is 4.61. The highest BCUT2D eigenvalue weighted by Gasteiger charge is 2.24. The summed E-state index contributed by atoms with van der Waals surface area (Å²) in [5.74, 6) is 2.72. The molecule has 1 aromatic carbocycles. The topological polar surface area (TPSA) is 55.3 Å². The van der Waals surface area contributed by atoms with Crippen molar-refractivity contribution in [1.29, 1.82) is 0 Å². The molecule has 1 N–H and O–H groups in total. The zero-order valence-electron chi connectivity index (χ0n) is 19.5. The van der Waals surface area contributed by atoms with E-state index in [-0.39, 0.29) is 24.0 Å². The summed E-state index contributed by atoms with van der Waals surface area (Å²) in [5, 5.41) is 3.48. The molecule has 0 aromatic heterocycles. The second kappa shape index (κ2) is 13.6. The number of rotatable bonds is 9. The Kier molecular flexibility index (Phi) is 10.9. The maximum absolute atomic E-state index is 6.18. The van der Waals surface area contributed by atoms with Crippen LogP contribution in [0.5, 0.6) is 5.75 Å². The van der Waals surface area contributed by atoms with E-state index in [1.807, 2.05) is 6.07 Å². The average molecular weight is 558 g/mol. The first-order valence-corrected chi connectivity index (χ1v) is 12.3. The molecular formula is C25H40IN3O3. The SMILES string of the molecule is CCNC(=NCc1ccccc1OCC1CC1)N1CCC(OCC2CCCCO2)CC1.I.